The van der Waals surface area contributed by atoms with Gasteiger partial charge in [-0.3, -0.25) is 0 Å². The van der Waals surface area contributed by atoms with Gasteiger partial charge in [0.1, 0.15) is 5.82 Å². The standard InChI is InChI=1S/C9H12BrFN2/c10-8-6-7(11)2-3-9(8)13-5-1-4-12/h2-3,6,13H,1,4-5,12H2. The Morgan fingerprint density at radius 3 is 2.85 bits per heavy atom. The predicted octanol–water partition coefficient (Wildman–Crippen LogP) is 2.35. The molecule has 1 rings (SSSR count). The monoisotopic (exact) mass is 246 g/mol. The Morgan fingerprint density at radius 2 is 2.23 bits per heavy atom. The summed E-state index contributed by atoms with van der Waals surface area (Å²) in [7, 11) is 0. The maximum absolute atomic E-state index is 12.7. The van der Waals surface area contributed by atoms with Crippen molar-refractivity contribution in [3.05, 3.63) is 28.5 Å². The summed E-state index contributed by atoms with van der Waals surface area (Å²) in [5, 5.41) is 3.15. The van der Waals surface area contributed by atoms with Crippen LogP contribution in [-0.2, 0) is 0 Å². The first-order valence-corrected chi connectivity index (χ1v) is 4.92. The van der Waals surface area contributed by atoms with Gasteiger partial charge in [-0.15, -0.1) is 0 Å². The minimum atomic E-state index is -0.240. The molecule has 1 aromatic carbocycles. The highest BCUT2D eigenvalue weighted by Gasteiger charge is 1.99. The molecule has 0 aliphatic heterocycles. The minimum absolute atomic E-state index is 0.240. The van der Waals surface area contributed by atoms with Gasteiger partial charge >= 0.3 is 0 Å². The first-order chi connectivity index (χ1) is 6.24. The number of anilines is 1. The van der Waals surface area contributed by atoms with Gasteiger partial charge in [-0.1, -0.05) is 0 Å². The molecule has 3 N–H and O–H groups in total. The third-order valence-corrected chi connectivity index (χ3v) is 2.28. The van der Waals surface area contributed by atoms with Crippen molar-refractivity contribution in [2.45, 2.75) is 6.42 Å². The van der Waals surface area contributed by atoms with Gasteiger partial charge in [0.2, 0.25) is 0 Å². The highest BCUT2D eigenvalue weighted by atomic mass is 79.9. The zero-order valence-electron chi connectivity index (χ0n) is 7.19. The SMILES string of the molecule is NCCCNc1ccc(F)cc1Br. The molecule has 0 radical (unpaired) electrons. The van der Waals surface area contributed by atoms with Crippen LogP contribution >= 0.6 is 15.9 Å². The molecule has 13 heavy (non-hydrogen) atoms. The van der Waals surface area contributed by atoms with Crippen LogP contribution in [0.15, 0.2) is 22.7 Å². The Hall–Kier alpha value is -0.610. The first-order valence-electron chi connectivity index (χ1n) is 4.13. The second-order valence-corrected chi connectivity index (χ2v) is 3.55. The predicted molar refractivity (Wildman–Crippen MR) is 56.3 cm³/mol. The van der Waals surface area contributed by atoms with Gasteiger partial charge < -0.3 is 11.1 Å². The quantitative estimate of drug-likeness (QED) is 0.801. The van der Waals surface area contributed by atoms with Crippen LogP contribution in [0.2, 0.25) is 0 Å². The van der Waals surface area contributed by atoms with E-state index in [0.29, 0.717) is 6.54 Å². The first kappa shape index (κ1) is 10.5. The molecule has 0 saturated heterocycles. The molecule has 0 aliphatic carbocycles. The molecule has 0 unspecified atom stereocenters. The number of halogens is 2. The Balaban J connectivity index is 2.56. The fourth-order valence-electron chi connectivity index (χ4n) is 0.958. The number of benzene rings is 1. The van der Waals surface area contributed by atoms with Crippen molar-refractivity contribution in [3.8, 4) is 0 Å². The molecule has 0 heterocycles. The summed E-state index contributed by atoms with van der Waals surface area (Å²) in [5.74, 6) is -0.240. The van der Waals surface area contributed by atoms with Gasteiger partial charge in [-0.05, 0) is 47.1 Å². The van der Waals surface area contributed by atoms with Crippen LogP contribution in [-0.4, -0.2) is 13.1 Å². The van der Waals surface area contributed by atoms with E-state index in [1.807, 2.05) is 0 Å². The van der Waals surface area contributed by atoms with Crippen LogP contribution < -0.4 is 11.1 Å². The van der Waals surface area contributed by atoms with Crippen LogP contribution in [0.3, 0.4) is 0 Å². The lowest BCUT2D eigenvalue weighted by Gasteiger charge is -2.07. The average molecular weight is 247 g/mol. The summed E-state index contributed by atoms with van der Waals surface area (Å²) in [5.41, 5.74) is 6.24. The summed E-state index contributed by atoms with van der Waals surface area (Å²) in [4.78, 5) is 0. The summed E-state index contributed by atoms with van der Waals surface area (Å²) >= 11 is 3.27. The van der Waals surface area contributed by atoms with Crippen molar-refractivity contribution in [2.75, 3.05) is 18.4 Å². The van der Waals surface area contributed by atoms with Crippen molar-refractivity contribution in [1.82, 2.24) is 0 Å². The second kappa shape index (κ2) is 5.19. The van der Waals surface area contributed by atoms with Crippen molar-refractivity contribution in [1.29, 1.82) is 0 Å². The van der Waals surface area contributed by atoms with E-state index in [1.165, 1.54) is 12.1 Å². The summed E-state index contributed by atoms with van der Waals surface area (Å²) in [6.45, 7) is 1.46. The molecule has 4 heteroatoms. The van der Waals surface area contributed by atoms with Crippen LogP contribution in [0.4, 0.5) is 10.1 Å². The molecular weight excluding hydrogens is 235 g/mol. The zero-order chi connectivity index (χ0) is 9.68. The van der Waals surface area contributed by atoms with E-state index in [9.17, 15) is 4.39 Å². The van der Waals surface area contributed by atoms with Gasteiger partial charge in [0.25, 0.3) is 0 Å². The Morgan fingerprint density at radius 1 is 1.46 bits per heavy atom. The molecular formula is C9H12BrFN2. The lowest BCUT2D eigenvalue weighted by molar-refractivity contribution is 0.627. The molecule has 0 amide bonds. The van der Waals surface area contributed by atoms with E-state index in [0.717, 1.165) is 23.1 Å². The third kappa shape index (κ3) is 3.32. The maximum Gasteiger partial charge on any atom is 0.124 e. The summed E-state index contributed by atoms with van der Waals surface area (Å²) in [6.07, 6.45) is 0.907. The fourth-order valence-corrected chi connectivity index (χ4v) is 1.45. The Bertz CT molecular complexity index is 278. The largest absolute Gasteiger partial charge is 0.384 e. The van der Waals surface area contributed by atoms with Gasteiger partial charge in [-0.25, -0.2) is 4.39 Å². The molecule has 0 atom stereocenters. The average Bonchev–Trinajstić information content (AvgIpc) is 2.09. The molecule has 72 valence electrons. The zero-order valence-corrected chi connectivity index (χ0v) is 8.77. The normalized spacial score (nSPS) is 10.1. The van der Waals surface area contributed by atoms with Gasteiger partial charge in [0.05, 0.1) is 0 Å². The molecule has 1 aromatic rings. The third-order valence-electron chi connectivity index (χ3n) is 1.63. The molecule has 0 spiro atoms. The van der Waals surface area contributed by atoms with Crippen molar-refractivity contribution in [2.24, 2.45) is 5.73 Å². The van der Waals surface area contributed by atoms with Crippen molar-refractivity contribution in [3.63, 3.8) is 0 Å². The van der Waals surface area contributed by atoms with E-state index in [2.05, 4.69) is 21.2 Å². The van der Waals surface area contributed by atoms with Gasteiger partial charge in [-0.2, -0.15) is 0 Å². The van der Waals surface area contributed by atoms with Crippen LogP contribution in [0, 0.1) is 5.82 Å². The molecule has 0 bridgehead atoms. The van der Waals surface area contributed by atoms with Gasteiger partial charge in [0, 0.05) is 16.7 Å². The highest BCUT2D eigenvalue weighted by molar-refractivity contribution is 9.10. The number of nitrogens with one attached hydrogen (secondary N) is 1. The van der Waals surface area contributed by atoms with Crippen LogP contribution in [0.25, 0.3) is 0 Å². The fraction of sp³-hybridized carbons (Fsp3) is 0.333. The van der Waals surface area contributed by atoms with Gasteiger partial charge in [0.15, 0.2) is 0 Å². The molecule has 0 aromatic heterocycles. The number of hydrogen-bond donors (Lipinski definition) is 2. The van der Waals surface area contributed by atoms with E-state index in [-0.39, 0.29) is 5.82 Å². The van der Waals surface area contributed by atoms with E-state index in [1.54, 1.807) is 6.07 Å². The summed E-state index contributed by atoms with van der Waals surface area (Å²) in [6, 6.07) is 4.57. The van der Waals surface area contributed by atoms with Crippen molar-refractivity contribution < 1.29 is 4.39 Å². The maximum atomic E-state index is 12.7. The van der Waals surface area contributed by atoms with Crippen LogP contribution in [0.1, 0.15) is 6.42 Å². The van der Waals surface area contributed by atoms with Crippen molar-refractivity contribution >= 4 is 21.6 Å². The topological polar surface area (TPSA) is 38.0 Å². The molecule has 2 nitrogen and oxygen atoms in total. The lowest BCUT2D eigenvalue weighted by atomic mass is 10.3. The minimum Gasteiger partial charge on any atom is -0.384 e. The van der Waals surface area contributed by atoms with E-state index in [4.69, 9.17) is 5.73 Å². The van der Waals surface area contributed by atoms with E-state index >= 15 is 0 Å². The molecule has 0 fully saturated rings. The smallest absolute Gasteiger partial charge is 0.124 e. The molecule has 0 aliphatic rings. The highest BCUT2D eigenvalue weighted by Crippen LogP contribution is 2.22. The molecule has 0 saturated carbocycles. The summed E-state index contributed by atoms with van der Waals surface area (Å²) < 4.78 is 13.4. The number of nitrogens with two attached hydrogens (primary N) is 1. The Labute approximate surface area is 85.4 Å². The Kier molecular flexibility index (Phi) is 4.18. The second-order valence-electron chi connectivity index (χ2n) is 2.69. The number of hydrogen-bond acceptors (Lipinski definition) is 2. The van der Waals surface area contributed by atoms with E-state index < -0.39 is 0 Å². The number of rotatable bonds is 4. The lowest BCUT2D eigenvalue weighted by Crippen LogP contribution is -2.08. The van der Waals surface area contributed by atoms with Crippen LogP contribution in [0.5, 0.6) is 0 Å².